The number of rotatable bonds is 4. The zero-order valence-corrected chi connectivity index (χ0v) is 15.8. The van der Waals surface area contributed by atoms with Gasteiger partial charge in [-0.1, -0.05) is 6.07 Å². The van der Waals surface area contributed by atoms with Crippen LogP contribution in [-0.2, 0) is 10.0 Å². The van der Waals surface area contributed by atoms with E-state index in [2.05, 4.69) is 15.2 Å². The Balaban J connectivity index is 1.43. The molecule has 0 N–H and O–H groups in total. The molecule has 7 nitrogen and oxygen atoms in total. The molecule has 4 rings (SSSR count). The fraction of sp³-hybridized carbons (Fsp3) is 0.211. The van der Waals surface area contributed by atoms with Gasteiger partial charge in [0.1, 0.15) is 11.5 Å². The molecule has 0 amide bonds. The van der Waals surface area contributed by atoms with Gasteiger partial charge >= 0.3 is 0 Å². The summed E-state index contributed by atoms with van der Waals surface area (Å²) >= 11 is 0. The van der Waals surface area contributed by atoms with Gasteiger partial charge < -0.3 is 4.90 Å². The number of hydrogen-bond acceptors (Lipinski definition) is 6. The van der Waals surface area contributed by atoms with Crippen molar-refractivity contribution in [3.63, 3.8) is 0 Å². The Kier molecular flexibility index (Phi) is 5.01. The molecule has 2 aromatic heterocycles. The van der Waals surface area contributed by atoms with Gasteiger partial charge in [0.15, 0.2) is 5.82 Å². The van der Waals surface area contributed by atoms with Crippen molar-refractivity contribution in [1.29, 1.82) is 0 Å². The number of aromatic nitrogens is 3. The monoisotopic (exact) mass is 399 g/mol. The summed E-state index contributed by atoms with van der Waals surface area (Å²) in [5, 5.41) is 8.49. The van der Waals surface area contributed by atoms with E-state index in [0.29, 0.717) is 37.7 Å². The number of halogens is 1. The Morgan fingerprint density at radius 3 is 2.18 bits per heavy atom. The van der Waals surface area contributed by atoms with Crippen molar-refractivity contribution >= 4 is 15.8 Å². The SMILES string of the molecule is O=S(=O)(c1ccc(F)cc1)N1CCN(c2ccc(-c3ccccn3)nn2)CC1. The van der Waals surface area contributed by atoms with Crippen LogP contribution in [0.2, 0.25) is 0 Å². The molecule has 0 saturated carbocycles. The first-order valence-corrected chi connectivity index (χ1v) is 10.2. The second kappa shape index (κ2) is 7.61. The van der Waals surface area contributed by atoms with E-state index in [-0.39, 0.29) is 4.90 Å². The number of piperazine rings is 1. The first kappa shape index (κ1) is 18.5. The molecule has 0 spiro atoms. The van der Waals surface area contributed by atoms with Gasteiger partial charge in [-0.2, -0.15) is 4.31 Å². The topological polar surface area (TPSA) is 79.3 Å². The molecule has 144 valence electrons. The largest absolute Gasteiger partial charge is 0.352 e. The number of hydrogen-bond donors (Lipinski definition) is 0. The Morgan fingerprint density at radius 2 is 1.57 bits per heavy atom. The van der Waals surface area contributed by atoms with Crippen molar-refractivity contribution < 1.29 is 12.8 Å². The number of pyridine rings is 1. The van der Waals surface area contributed by atoms with E-state index in [1.165, 1.54) is 16.4 Å². The Bertz CT molecular complexity index is 1040. The van der Waals surface area contributed by atoms with E-state index in [0.717, 1.165) is 17.8 Å². The molecule has 0 radical (unpaired) electrons. The van der Waals surface area contributed by atoms with Crippen molar-refractivity contribution in [1.82, 2.24) is 19.5 Å². The van der Waals surface area contributed by atoms with Crippen LogP contribution in [-0.4, -0.2) is 54.1 Å². The van der Waals surface area contributed by atoms with Crippen LogP contribution in [0.25, 0.3) is 11.4 Å². The predicted octanol–water partition coefficient (Wildman–Crippen LogP) is 2.19. The van der Waals surface area contributed by atoms with Crippen LogP contribution in [0.1, 0.15) is 0 Å². The number of anilines is 1. The summed E-state index contributed by atoms with van der Waals surface area (Å²) < 4.78 is 39.9. The highest BCUT2D eigenvalue weighted by atomic mass is 32.2. The van der Waals surface area contributed by atoms with Gasteiger partial charge in [-0.05, 0) is 48.5 Å². The van der Waals surface area contributed by atoms with Crippen LogP contribution in [0.5, 0.6) is 0 Å². The molecule has 0 aliphatic carbocycles. The van der Waals surface area contributed by atoms with Crippen LogP contribution < -0.4 is 4.90 Å². The first-order chi connectivity index (χ1) is 13.5. The molecule has 1 aliphatic heterocycles. The third-order valence-corrected chi connectivity index (χ3v) is 6.50. The Hall–Kier alpha value is -2.91. The summed E-state index contributed by atoms with van der Waals surface area (Å²) in [5.74, 6) is 0.231. The number of sulfonamides is 1. The molecule has 3 heterocycles. The molecule has 3 aromatic rings. The highest BCUT2D eigenvalue weighted by Crippen LogP contribution is 2.21. The van der Waals surface area contributed by atoms with E-state index in [1.807, 2.05) is 35.2 Å². The van der Waals surface area contributed by atoms with E-state index < -0.39 is 15.8 Å². The molecule has 1 aromatic carbocycles. The molecular formula is C19H18FN5O2S. The molecular weight excluding hydrogens is 381 g/mol. The van der Waals surface area contributed by atoms with Crippen LogP contribution >= 0.6 is 0 Å². The highest BCUT2D eigenvalue weighted by molar-refractivity contribution is 7.89. The van der Waals surface area contributed by atoms with E-state index in [9.17, 15) is 12.8 Å². The third-order valence-electron chi connectivity index (χ3n) is 4.59. The van der Waals surface area contributed by atoms with Crippen LogP contribution in [0.15, 0.2) is 65.7 Å². The quantitative estimate of drug-likeness (QED) is 0.669. The van der Waals surface area contributed by atoms with Crippen molar-refractivity contribution in [3.8, 4) is 11.4 Å². The molecule has 9 heteroatoms. The van der Waals surface area contributed by atoms with Crippen LogP contribution in [0.4, 0.5) is 10.2 Å². The maximum atomic E-state index is 13.1. The maximum absolute atomic E-state index is 13.1. The lowest BCUT2D eigenvalue weighted by molar-refractivity contribution is 0.383. The van der Waals surface area contributed by atoms with E-state index in [4.69, 9.17) is 0 Å². The lowest BCUT2D eigenvalue weighted by atomic mass is 10.2. The smallest absolute Gasteiger partial charge is 0.243 e. The lowest BCUT2D eigenvalue weighted by Crippen LogP contribution is -2.49. The average Bonchev–Trinajstić information content (AvgIpc) is 2.75. The Morgan fingerprint density at radius 1 is 0.821 bits per heavy atom. The van der Waals surface area contributed by atoms with Gasteiger partial charge in [0.2, 0.25) is 10.0 Å². The summed E-state index contributed by atoms with van der Waals surface area (Å²) in [4.78, 5) is 6.34. The maximum Gasteiger partial charge on any atom is 0.243 e. The van der Waals surface area contributed by atoms with Crippen LogP contribution in [0.3, 0.4) is 0 Å². The fourth-order valence-electron chi connectivity index (χ4n) is 3.06. The van der Waals surface area contributed by atoms with Gasteiger partial charge in [0.25, 0.3) is 0 Å². The summed E-state index contributed by atoms with van der Waals surface area (Å²) in [6.07, 6.45) is 1.70. The summed E-state index contributed by atoms with van der Waals surface area (Å²) in [6.45, 7) is 1.64. The zero-order chi connectivity index (χ0) is 19.6. The first-order valence-electron chi connectivity index (χ1n) is 8.80. The van der Waals surface area contributed by atoms with Gasteiger partial charge in [-0.15, -0.1) is 10.2 Å². The number of nitrogens with zero attached hydrogens (tertiary/aromatic N) is 5. The molecule has 1 saturated heterocycles. The minimum atomic E-state index is -3.63. The van der Waals surface area contributed by atoms with Gasteiger partial charge in [-0.3, -0.25) is 4.98 Å². The lowest BCUT2D eigenvalue weighted by Gasteiger charge is -2.34. The third kappa shape index (κ3) is 3.71. The minimum absolute atomic E-state index is 0.0989. The molecule has 0 bridgehead atoms. The minimum Gasteiger partial charge on any atom is -0.352 e. The predicted molar refractivity (Wildman–Crippen MR) is 103 cm³/mol. The van der Waals surface area contributed by atoms with E-state index >= 15 is 0 Å². The van der Waals surface area contributed by atoms with Crippen molar-refractivity contribution in [3.05, 3.63) is 66.6 Å². The van der Waals surface area contributed by atoms with Gasteiger partial charge in [0.05, 0.1) is 10.6 Å². The molecule has 1 fully saturated rings. The summed E-state index contributed by atoms with van der Waals surface area (Å²) in [7, 11) is -3.63. The average molecular weight is 399 g/mol. The summed E-state index contributed by atoms with van der Waals surface area (Å²) in [5.41, 5.74) is 1.43. The molecule has 0 atom stereocenters. The van der Waals surface area contributed by atoms with E-state index in [1.54, 1.807) is 6.20 Å². The van der Waals surface area contributed by atoms with Crippen molar-refractivity contribution in [2.75, 3.05) is 31.1 Å². The second-order valence-electron chi connectivity index (χ2n) is 6.34. The standard InChI is InChI=1S/C19H18FN5O2S/c20-15-4-6-16(7-5-15)28(26,27)25-13-11-24(12-14-25)19-9-8-18(22-23-19)17-3-1-2-10-21-17/h1-10H,11-14H2. The normalized spacial score (nSPS) is 15.5. The van der Waals surface area contributed by atoms with Crippen LogP contribution in [0, 0.1) is 5.82 Å². The van der Waals surface area contributed by atoms with Gasteiger partial charge in [-0.25, -0.2) is 12.8 Å². The van der Waals surface area contributed by atoms with Gasteiger partial charge in [0, 0.05) is 32.4 Å². The molecule has 0 unspecified atom stereocenters. The Labute approximate surface area is 162 Å². The summed E-state index contributed by atoms with van der Waals surface area (Å²) in [6, 6.07) is 14.2. The highest BCUT2D eigenvalue weighted by Gasteiger charge is 2.29. The zero-order valence-electron chi connectivity index (χ0n) is 14.9. The fourth-order valence-corrected chi connectivity index (χ4v) is 4.48. The number of benzene rings is 1. The van der Waals surface area contributed by atoms with Crippen molar-refractivity contribution in [2.45, 2.75) is 4.90 Å². The molecule has 28 heavy (non-hydrogen) atoms. The second-order valence-corrected chi connectivity index (χ2v) is 8.27. The molecule has 1 aliphatic rings. The van der Waals surface area contributed by atoms with Crippen molar-refractivity contribution in [2.24, 2.45) is 0 Å².